The molecule has 1 rings (SSSR count). The van der Waals surface area contributed by atoms with E-state index in [0.717, 1.165) is 17.5 Å². The van der Waals surface area contributed by atoms with Crippen molar-refractivity contribution < 1.29 is 13.2 Å². The molecular formula is C16H24O3S. The van der Waals surface area contributed by atoms with Gasteiger partial charge in [0, 0.05) is 5.56 Å². The van der Waals surface area contributed by atoms with E-state index in [0.29, 0.717) is 5.56 Å². The Balaban J connectivity index is 3.05. The normalized spacial score (nSPS) is 14.8. The zero-order valence-electron chi connectivity index (χ0n) is 12.9. The maximum Gasteiger partial charge on any atom is 0.180 e. The average molecular weight is 296 g/mol. The SMILES string of the molecule is CCC(C)CS(=O)(=O)C(C)C(=O)c1cc(C)ccc1C. The summed E-state index contributed by atoms with van der Waals surface area (Å²) >= 11 is 0. The van der Waals surface area contributed by atoms with Gasteiger partial charge in [-0.25, -0.2) is 8.42 Å². The standard InChI is InChI=1S/C16H24O3S/c1-6-11(2)10-20(18,19)14(5)16(17)15-9-12(3)7-8-13(15)4/h7-9,11,14H,6,10H2,1-5H3. The van der Waals surface area contributed by atoms with Crippen LogP contribution in [0.5, 0.6) is 0 Å². The first kappa shape index (κ1) is 16.9. The van der Waals surface area contributed by atoms with Gasteiger partial charge in [-0.3, -0.25) is 4.79 Å². The second-order valence-corrected chi connectivity index (χ2v) is 8.03. The Morgan fingerprint density at radius 3 is 2.35 bits per heavy atom. The van der Waals surface area contributed by atoms with Crippen LogP contribution < -0.4 is 0 Å². The number of ketones is 1. The quantitative estimate of drug-likeness (QED) is 0.757. The van der Waals surface area contributed by atoms with Gasteiger partial charge in [0.15, 0.2) is 15.6 Å². The number of sulfone groups is 1. The molecule has 0 aliphatic carbocycles. The highest BCUT2D eigenvalue weighted by Crippen LogP contribution is 2.18. The van der Waals surface area contributed by atoms with Gasteiger partial charge < -0.3 is 0 Å². The van der Waals surface area contributed by atoms with Crippen LogP contribution in [0, 0.1) is 19.8 Å². The maximum absolute atomic E-state index is 12.5. The second-order valence-electron chi connectivity index (χ2n) is 5.67. The Hall–Kier alpha value is -1.16. The van der Waals surface area contributed by atoms with Gasteiger partial charge in [-0.15, -0.1) is 0 Å². The monoisotopic (exact) mass is 296 g/mol. The molecule has 1 aromatic rings. The molecular weight excluding hydrogens is 272 g/mol. The lowest BCUT2D eigenvalue weighted by atomic mass is 10.0. The highest BCUT2D eigenvalue weighted by atomic mass is 32.2. The smallest absolute Gasteiger partial charge is 0.180 e. The summed E-state index contributed by atoms with van der Waals surface area (Å²) in [5, 5.41) is -0.975. The van der Waals surface area contributed by atoms with Gasteiger partial charge in [0.1, 0.15) is 5.25 Å². The van der Waals surface area contributed by atoms with E-state index in [2.05, 4.69) is 0 Å². The number of Topliss-reactive ketones (excluding diaryl/α,β-unsaturated/α-hetero) is 1. The van der Waals surface area contributed by atoms with E-state index in [9.17, 15) is 13.2 Å². The molecule has 0 aromatic heterocycles. The number of aryl methyl sites for hydroxylation is 2. The van der Waals surface area contributed by atoms with Crippen LogP contribution in [0.2, 0.25) is 0 Å². The summed E-state index contributed by atoms with van der Waals surface area (Å²) in [6.07, 6.45) is 0.795. The maximum atomic E-state index is 12.5. The summed E-state index contributed by atoms with van der Waals surface area (Å²) in [5.74, 6) is -0.148. The molecule has 0 spiro atoms. The molecule has 20 heavy (non-hydrogen) atoms. The van der Waals surface area contributed by atoms with E-state index < -0.39 is 15.1 Å². The van der Waals surface area contributed by atoms with Gasteiger partial charge >= 0.3 is 0 Å². The van der Waals surface area contributed by atoms with Crippen molar-refractivity contribution in [2.75, 3.05) is 5.75 Å². The average Bonchev–Trinajstić information content (AvgIpc) is 2.39. The van der Waals surface area contributed by atoms with E-state index in [4.69, 9.17) is 0 Å². The van der Waals surface area contributed by atoms with Crippen molar-refractivity contribution in [3.8, 4) is 0 Å². The molecule has 0 saturated heterocycles. The van der Waals surface area contributed by atoms with Crippen molar-refractivity contribution in [3.63, 3.8) is 0 Å². The molecule has 0 fully saturated rings. The zero-order valence-corrected chi connectivity index (χ0v) is 13.8. The van der Waals surface area contributed by atoms with Gasteiger partial charge in [0.2, 0.25) is 0 Å². The van der Waals surface area contributed by atoms with Crippen molar-refractivity contribution in [2.45, 2.75) is 46.3 Å². The van der Waals surface area contributed by atoms with E-state index in [-0.39, 0.29) is 17.5 Å². The van der Waals surface area contributed by atoms with Crippen LogP contribution >= 0.6 is 0 Å². The molecule has 0 N–H and O–H groups in total. The summed E-state index contributed by atoms with van der Waals surface area (Å²) in [5.41, 5.74) is 2.31. The van der Waals surface area contributed by atoms with Gasteiger partial charge in [0.05, 0.1) is 5.75 Å². The summed E-state index contributed by atoms with van der Waals surface area (Å²) in [7, 11) is -3.40. The van der Waals surface area contributed by atoms with E-state index in [1.807, 2.05) is 39.8 Å². The lowest BCUT2D eigenvalue weighted by Gasteiger charge is -2.16. The minimum atomic E-state index is -3.40. The van der Waals surface area contributed by atoms with Crippen molar-refractivity contribution >= 4 is 15.6 Å². The highest BCUT2D eigenvalue weighted by molar-refractivity contribution is 7.92. The predicted molar refractivity (Wildman–Crippen MR) is 83.0 cm³/mol. The van der Waals surface area contributed by atoms with Crippen LogP contribution in [0.3, 0.4) is 0 Å². The molecule has 0 aliphatic rings. The fourth-order valence-electron chi connectivity index (χ4n) is 2.04. The molecule has 0 bridgehead atoms. The molecule has 4 heteroatoms. The predicted octanol–water partition coefficient (Wildman–Crippen LogP) is 3.34. The molecule has 0 aliphatic heterocycles. The van der Waals surface area contributed by atoms with Gasteiger partial charge in [-0.05, 0) is 38.3 Å². The third-order valence-electron chi connectivity index (χ3n) is 3.78. The van der Waals surface area contributed by atoms with Crippen LogP contribution in [0.4, 0.5) is 0 Å². The topological polar surface area (TPSA) is 51.2 Å². The minimum Gasteiger partial charge on any atom is -0.293 e. The van der Waals surface area contributed by atoms with Crippen LogP contribution in [-0.2, 0) is 9.84 Å². The molecule has 1 aromatic carbocycles. The van der Waals surface area contributed by atoms with Crippen molar-refractivity contribution in [2.24, 2.45) is 5.92 Å². The molecule has 2 atom stereocenters. The highest BCUT2D eigenvalue weighted by Gasteiger charge is 2.30. The minimum absolute atomic E-state index is 0.0707. The number of rotatable bonds is 6. The molecule has 0 saturated carbocycles. The first-order chi connectivity index (χ1) is 9.19. The number of carbonyl (C=O) groups is 1. The van der Waals surface area contributed by atoms with Gasteiger partial charge in [-0.1, -0.05) is 38.0 Å². The first-order valence-electron chi connectivity index (χ1n) is 7.02. The number of hydrogen-bond acceptors (Lipinski definition) is 3. The number of hydrogen-bond donors (Lipinski definition) is 0. The Kier molecular flexibility index (Phi) is 5.51. The van der Waals surface area contributed by atoms with E-state index in [1.165, 1.54) is 6.92 Å². The third-order valence-corrected chi connectivity index (χ3v) is 6.11. The fourth-order valence-corrected chi connectivity index (χ4v) is 3.81. The zero-order chi connectivity index (χ0) is 15.5. The molecule has 3 nitrogen and oxygen atoms in total. The Morgan fingerprint density at radius 1 is 1.20 bits per heavy atom. The van der Waals surface area contributed by atoms with Crippen LogP contribution in [0.1, 0.15) is 48.7 Å². The van der Waals surface area contributed by atoms with Crippen molar-refractivity contribution in [3.05, 3.63) is 34.9 Å². The largest absolute Gasteiger partial charge is 0.293 e. The lowest BCUT2D eigenvalue weighted by Crippen LogP contribution is -2.32. The summed E-state index contributed by atoms with van der Waals surface area (Å²) in [6, 6.07) is 5.55. The Labute approximate surface area is 122 Å². The van der Waals surface area contributed by atoms with Crippen LogP contribution in [0.25, 0.3) is 0 Å². The van der Waals surface area contributed by atoms with E-state index in [1.54, 1.807) is 6.07 Å². The van der Waals surface area contributed by atoms with Gasteiger partial charge in [-0.2, -0.15) is 0 Å². The van der Waals surface area contributed by atoms with Crippen molar-refractivity contribution in [1.29, 1.82) is 0 Å². The lowest BCUT2D eigenvalue weighted by molar-refractivity contribution is 0.0990. The summed E-state index contributed by atoms with van der Waals surface area (Å²) < 4.78 is 24.6. The number of benzene rings is 1. The molecule has 0 heterocycles. The summed E-state index contributed by atoms with van der Waals surface area (Å²) in [4.78, 5) is 12.5. The molecule has 0 amide bonds. The number of carbonyl (C=O) groups excluding carboxylic acids is 1. The first-order valence-corrected chi connectivity index (χ1v) is 8.73. The molecule has 112 valence electrons. The Bertz CT molecular complexity index is 588. The summed E-state index contributed by atoms with van der Waals surface area (Å²) in [6.45, 7) is 9.08. The Morgan fingerprint density at radius 2 is 1.80 bits per heavy atom. The fraction of sp³-hybridized carbons (Fsp3) is 0.562. The van der Waals surface area contributed by atoms with Crippen LogP contribution in [-0.4, -0.2) is 25.2 Å². The van der Waals surface area contributed by atoms with Crippen LogP contribution in [0.15, 0.2) is 18.2 Å². The third kappa shape index (κ3) is 3.92. The molecule has 0 radical (unpaired) electrons. The van der Waals surface area contributed by atoms with Crippen molar-refractivity contribution in [1.82, 2.24) is 0 Å². The van der Waals surface area contributed by atoms with E-state index >= 15 is 0 Å². The van der Waals surface area contributed by atoms with Gasteiger partial charge in [0.25, 0.3) is 0 Å². The molecule has 2 unspecified atom stereocenters. The second kappa shape index (κ2) is 6.53.